The highest BCUT2D eigenvalue weighted by molar-refractivity contribution is 5.83. The normalized spacial score (nSPS) is 20.4. The van der Waals surface area contributed by atoms with Crippen LogP contribution < -0.4 is 0 Å². The highest BCUT2D eigenvalue weighted by Crippen LogP contribution is 2.32. The summed E-state index contributed by atoms with van der Waals surface area (Å²) in [4.78, 5) is 22.7. The summed E-state index contributed by atoms with van der Waals surface area (Å²) in [6, 6.07) is 9.64. The molecule has 18 heavy (non-hydrogen) atoms. The molecule has 1 aliphatic heterocycles. The third-order valence-corrected chi connectivity index (χ3v) is 3.12. The van der Waals surface area contributed by atoms with E-state index in [9.17, 15) is 9.59 Å². The van der Waals surface area contributed by atoms with Crippen LogP contribution in [0.25, 0.3) is 0 Å². The number of nitrogens with zero attached hydrogens (tertiary/aromatic N) is 2. The van der Waals surface area contributed by atoms with Gasteiger partial charge in [-0.05, 0) is 5.56 Å². The summed E-state index contributed by atoms with van der Waals surface area (Å²) >= 11 is 0. The van der Waals surface area contributed by atoms with E-state index < -0.39 is 5.97 Å². The average Bonchev–Trinajstić information content (AvgIpc) is 2.67. The number of aliphatic carboxylic acids is 1. The number of hydrazine groups is 1. The highest BCUT2D eigenvalue weighted by Gasteiger charge is 2.38. The smallest absolute Gasteiger partial charge is 0.324 e. The SMILES string of the molecule is CCN1C(c2ccccc2)CC(=O)N1CC(=O)O. The Bertz CT molecular complexity index is 447. The Morgan fingerprint density at radius 3 is 2.61 bits per heavy atom. The molecule has 5 nitrogen and oxygen atoms in total. The molecule has 1 atom stereocenters. The zero-order valence-corrected chi connectivity index (χ0v) is 10.2. The maximum atomic E-state index is 11.9. The first-order valence-electron chi connectivity index (χ1n) is 5.97. The molecule has 0 radical (unpaired) electrons. The van der Waals surface area contributed by atoms with Crippen molar-refractivity contribution in [2.75, 3.05) is 13.1 Å². The number of rotatable bonds is 4. The van der Waals surface area contributed by atoms with E-state index in [1.165, 1.54) is 5.01 Å². The van der Waals surface area contributed by atoms with Crippen molar-refractivity contribution >= 4 is 11.9 Å². The van der Waals surface area contributed by atoms with E-state index in [1.54, 1.807) is 0 Å². The number of hydrogen-bond donors (Lipinski definition) is 1. The van der Waals surface area contributed by atoms with E-state index in [0.29, 0.717) is 13.0 Å². The van der Waals surface area contributed by atoms with Gasteiger partial charge in [0.25, 0.3) is 0 Å². The minimum atomic E-state index is -0.990. The third-order valence-electron chi connectivity index (χ3n) is 3.12. The summed E-state index contributed by atoms with van der Waals surface area (Å²) in [5, 5.41) is 12.0. The predicted octanol–water partition coefficient (Wildman–Crippen LogP) is 1.28. The fourth-order valence-corrected chi connectivity index (χ4v) is 2.35. The summed E-state index contributed by atoms with van der Waals surface area (Å²) in [7, 11) is 0. The van der Waals surface area contributed by atoms with Crippen LogP contribution in [0.2, 0.25) is 0 Å². The topological polar surface area (TPSA) is 60.9 Å². The van der Waals surface area contributed by atoms with E-state index in [-0.39, 0.29) is 18.5 Å². The molecule has 1 saturated heterocycles. The van der Waals surface area contributed by atoms with Crippen LogP contribution in [0.3, 0.4) is 0 Å². The van der Waals surface area contributed by atoms with Gasteiger partial charge < -0.3 is 5.11 Å². The lowest BCUT2D eigenvalue weighted by Crippen LogP contribution is -2.42. The van der Waals surface area contributed by atoms with Crippen LogP contribution in [-0.4, -0.2) is 40.1 Å². The van der Waals surface area contributed by atoms with Crippen molar-refractivity contribution in [3.05, 3.63) is 35.9 Å². The Morgan fingerprint density at radius 1 is 1.39 bits per heavy atom. The highest BCUT2D eigenvalue weighted by atomic mass is 16.4. The minimum Gasteiger partial charge on any atom is -0.480 e. The largest absolute Gasteiger partial charge is 0.480 e. The van der Waals surface area contributed by atoms with E-state index in [2.05, 4.69) is 0 Å². The monoisotopic (exact) mass is 248 g/mol. The molecule has 0 saturated carbocycles. The lowest BCUT2D eigenvalue weighted by atomic mass is 10.0. The number of amides is 1. The minimum absolute atomic E-state index is 0.0527. The van der Waals surface area contributed by atoms with E-state index in [1.807, 2.05) is 42.3 Å². The molecular formula is C13H16N2O3. The maximum absolute atomic E-state index is 11.9. The Labute approximate surface area is 106 Å². The molecule has 1 aromatic rings. The summed E-state index contributed by atoms with van der Waals surface area (Å²) in [5.74, 6) is -1.12. The first-order valence-corrected chi connectivity index (χ1v) is 5.97. The van der Waals surface area contributed by atoms with E-state index in [0.717, 1.165) is 5.56 Å². The summed E-state index contributed by atoms with van der Waals surface area (Å²) in [5.41, 5.74) is 1.04. The Balaban J connectivity index is 2.23. The molecular weight excluding hydrogens is 232 g/mol. The molecule has 1 amide bonds. The second-order valence-electron chi connectivity index (χ2n) is 4.23. The quantitative estimate of drug-likeness (QED) is 0.872. The van der Waals surface area contributed by atoms with Crippen molar-refractivity contribution < 1.29 is 14.7 Å². The summed E-state index contributed by atoms with van der Waals surface area (Å²) in [6.45, 7) is 2.26. The van der Waals surface area contributed by atoms with Crippen LogP contribution in [0.1, 0.15) is 24.9 Å². The Kier molecular flexibility index (Phi) is 3.62. The molecule has 1 N–H and O–H groups in total. The van der Waals surface area contributed by atoms with Crippen molar-refractivity contribution in [1.29, 1.82) is 0 Å². The standard InChI is InChI=1S/C13H16N2O3/c1-2-14-11(10-6-4-3-5-7-10)8-12(16)15(14)9-13(17)18/h3-7,11H,2,8-9H2,1H3,(H,17,18). The summed E-state index contributed by atoms with van der Waals surface area (Å²) < 4.78 is 0. The number of carboxylic acids is 1. The van der Waals surface area contributed by atoms with Gasteiger partial charge in [0.2, 0.25) is 5.91 Å². The third kappa shape index (κ3) is 2.36. The maximum Gasteiger partial charge on any atom is 0.324 e. The van der Waals surface area contributed by atoms with Crippen LogP contribution in [0.4, 0.5) is 0 Å². The zero-order valence-electron chi connectivity index (χ0n) is 10.2. The van der Waals surface area contributed by atoms with Crippen molar-refractivity contribution in [2.24, 2.45) is 0 Å². The van der Waals surface area contributed by atoms with Gasteiger partial charge in [0, 0.05) is 13.0 Å². The molecule has 1 heterocycles. The van der Waals surface area contributed by atoms with Crippen LogP contribution >= 0.6 is 0 Å². The van der Waals surface area contributed by atoms with Crippen LogP contribution in [0.15, 0.2) is 30.3 Å². The van der Waals surface area contributed by atoms with E-state index in [4.69, 9.17) is 5.11 Å². The van der Waals surface area contributed by atoms with Crippen molar-refractivity contribution in [1.82, 2.24) is 10.0 Å². The van der Waals surface area contributed by atoms with Gasteiger partial charge in [0.15, 0.2) is 0 Å². The van der Waals surface area contributed by atoms with E-state index >= 15 is 0 Å². The lowest BCUT2D eigenvalue weighted by molar-refractivity contribution is -0.152. The molecule has 0 bridgehead atoms. The fraction of sp³-hybridized carbons (Fsp3) is 0.385. The molecule has 1 aromatic carbocycles. The summed E-state index contributed by atoms with van der Waals surface area (Å²) in [6.07, 6.45) is 0.338. The Hall–Kier alpha value is -1.88. The molecule has 96 valence electrons. The first-order chi connectivity index (χ1) is 8.63. The second kappa shape index (κ2) is 5.18. The van der Waals surface area contributed by atoms with Crippen molar-refractivity contribution in [3.8, 4) is 0 Å². The van der Waals surface area contributed by atoms with Gasteiger partial charge in [-0.3, -0.25) is 14.6 Å². The number of benzene rings is 1. The zero-order chi connectivity index (χ0) is 13.1. The Morgan fingerprint density at radius 2 is 2.06 bits per heavy atom. The van der Waals surface area contributed by atoms with Gasteiger partial charge in [-0.25, -0.2) is 5.01 Å². The van der Waals surface area contributed by atoms with Crippen molar-refractivity contribution in [3.63, 3.8) is 0 Å². The number of carbonyl (C=O) groups is 2. The predicted molar refractivity (Wildman–Crippen MR) is 65.5 cm³/mol. The molecule has 2 rings (SSSR count). The van der Waals surface area contributed by atoms with Crippen LogP contribution in [0, 0.1) is 0 Å². The van der Waals surface area contributed by atoms with Gasteiger partial charge in [-0.2, -0.15) is 0 Å². The molecule has 1 unspecified atom stereocenters. The average molecular weight is 248 g/mol. The molecule has 5 heteroatoms. The molecule has 0 aromatic heterocycles. The molecule has 0 aliphatic carbocycles. The number of hydrogen-bond acceptors (Lipinski definition) is 3. The molecule has 1 aliphatic rings. The van der Waals surface area contributed by atoms with Gasteiger partial charge in [0.05, 0.1) is 6.04 Å². The van der Waals surface area contributed by atoms with Gasteiger partial charge in [0.1, 0.15) is 6.54 Å². The lowest BCUT2D eigenvalue weighted by Gasteiger charge is -2.30. The van der Waals surface area contributed by atoms with Crippen LogP contribution in [0.5, 0.6) is 0 Å². The number of carbonyl (C=O) groups excluding carboxylic acids is 1. The fourth-order valence-electron chi connectivity index (χ4n) is 2.35. The first kappa shape index (κ1) is 12.6. The van der Waals surface area contributed by atoms with Crippen LogP contribution in [-0.2, 0) is 9.59 Å². The molecule has 0 spiro atoms. The molecule has 1 fully saturated rings. The van der Waals surface area contributed by atoms with Gasteiger partial charge >= 0.3 is 5.97 Å². The number of carboxylic acid groups (broad SMARTS) is 1. The second-order valence-corrected chi connectivity index (χ2v) is 4.23. The van der Waals surface area contributed by atoms with Crippen molar-refractivity contribution in [2.45, 2.75) is 19.4 Å². The van der Waals surface area contributed by atoms with Gasteiger partial charge in [-0.1, -0.05) is 37.3 Å². The van der Waals surface area contributed by atoms with Gasteiger partial charge in [-0.15, -0.1) is 0 Å².